The van der Waals surface area contributed by atoms with Crippen molar-refractivity contribution in [3.05, 3.63) is 24.1 Å². The van der Waals surface area contributed by atoms with Gasteiger partial charge >= 0.3 is 0 Å². The van der Waals surface area contributed by atoms with E-state index >= 15 is 0 Å². The predicted molar refractivity (Wildman–Crippen MR) is 86.7 cm³/mol. The molecule has 3 rings (SSSR count). The minimum atomic E-state index is 0.432. The van der Waals surface area contributed by atoms with Crippen LogP contribution in [0.3, 0.4) is 0 Å². The van der Waals surface area contributed by atoms with Crippen LogP contribution >= 0.6 is 23.1 Å². The van der Waals surface area contributed by atoms with E-state index < -0.39 is 0 Å². The third kappa shape index (κ3) is 3.54. The normalized spacial score (nSPS) is 10.7. The van der Waals surface area contributed by atoms with E-state index in [1.807, 2.05) is 12.1 Å². The van der Waals surface area contributed by atoms with Crippen molar-refractivity contribution in [3.8, 4) is 22.9 Å². The molecule has 0 radical (unpaired) electrons. The monoisotopic (exact) mass is 351 g/mol. The molecule has 10 heteroatoms. The highest BCUT2D eigenvalue weighted by molar-refractivity contribution is 8.00. The van der Waals surface area contributed by atoms with Crippen molar-refractivity contribution < 1.29 is 14.0 Å². The van der Waals surface area contributed by atoms with Crippen molar-refractivity contribution in [3.63, 3.8) is 0 Å². The third-order valence-corrected chi connectivity index (χ3v) is 4.73. The Morgan fingerprint density at radius 2 is 2.13 bits per heavy atom. The maximum Gasteiger partial charge on any atom is 0.237 e. The Kier molecular flexibility index (Phi) is 4.63. The average molecular weight is 351 g/mol. The van der Waals surface area contributed by atoms with Gasteiger partial charge < -0.3 is 19.7 Å². The minimum Gasteiger partial charge on any atom is -0.497 e. The summed E-state index contributed by atoms with van der Waals surface area (Å²) in [5.41, 5.74) is 6.27. The number of nitrogens with two attached hydrogens (primary N) is 1. The SMILES string of the molecule is COc1ccc(-c2noc(CSc3nnc(N)s3)n2)c(OC)c1. The first-order valence-electron chi connectivity index (χ1n) is 6.46. The van der Waals surface area contributed by atoms with Crippen molar-refractivity contribution in [1.29, 1.82) is 0 Å². The van der Waals surface area contributed by atoms with Gasteiger partial charge in [0.15, 0.2) is 4.34 Å². The van der Waals surface area contributed by atoms with E-state index in [2.05, 4.69) is 20.3 Å². The van der Waals surface area contributed by atoms with E-state index in [9.17, 15) is 0 Å². The molecule has 0 amide bonds. The Hall–Kier alpha value is -2.33. The lowest BCUT2D eigenvalue weighted by Gasteiger charge is -2.07. The molecule has 0 bridgehead atoms. The Bertz CT molecular complexity index is 805. The minimum absolute atomic E-state index is 0.432. The number of aromatic nitrogens is 4. The van der Waals surface area contributed by atoms with Crippen LogP contribution < -0.4 is 15.2 Å². The third-order valence-electron chi connectivity index (χ3n) is 2.86. The second-order valence-corrected chi connectivity index (χ2v) is 6.50. The van der Waals surface area contributed by atoms with Crippen LogP contribution in [0.5, 0.6) is 11.5 Å². The number of anilines is 1. The van der Waals surface area contributed by atoms with Gasteiger partial charge in [-0.05, 0) is 12.1 Å². The van der Waals surface area contributed by atoms with Crippen LogP contribution in [0.1, 0.15) is 5.89 Å². The van der Waals surface area contributed by atoms with Gasteiger partial charge in [-0.1, -0.05) is 28.3 Å². The van der Waals surface area contributed by atoms with Gasteiger partial charge in [-0.3, -0.25) is 0 Å². The molecule has 0 saturated carbocycles. The zero-order valence-electron chi connectivity index (χ0n) is 12.3. The van der Waals surface area contributed by atoms with Gasteiger partial charge in [0.05, 0.1) is 25.5 Å². The summed E-state index contributed by atoms with van der Waals surface area (Å²) in [4.78, 5) is 4.37. The van der Waals surface area contributed by atoms with Gasteiger partial charge in [0.2, 0.25) is 16.8 Å². The second kappa shape index (κ2) is 6.84. The lowest BCUT2D eigenvalue weighted by Crippen LogP contribution is -1.91. The van der Waals surface area contributed by atoms with Crippen LogP contribution in [0.25, 0.3) is 11.4 Å². The fourth-order valence-corrected chi connectivity index (χ4v) is 3.28. The summed E-state index contributed by atoms with van der Waals surface area (Å²) in [5, 5.41) is 12.1. The van der Waals surface area contributed by atoms with Gasteiger partial charge in [-0.25, -0.2) is 0 Å². The lowest BCUT2D eigenvalue weighted by atomic mass is 10.2. The molecule has 8 nitrogen and oxygen atoms in total. The van der Waals surface area contributed by atoms with Crippen LogP contribution in [-0.2, 0) is 5.75 Å². The maximum atomic E-state index is 5.54. The van der Waals surface area contributed by atoms with Crippen molar-refractivity contribution in [2.75, 3.05) is 20.0 Å². The van der Waals surface area contributed by atoms with Gasteiger partial charge in [0.1, 0.15) is 11.5 Å². The molecule has 0 saturated heterocycles. The highest BCUT2D eigenvalue weighted by Crippen LogP contribution is 2.32. The first-order valence-corrected chi connectivity index (χ1v) is 8.26. The second-order valence-electron chi connectivity index (χ2n) is 4.27. The smallest absolute Gasteiger partial charge is 0.237 e. The van der Waals surface area contributed by atoms with Crippen LogP contribution in [0, 0.1) is 0 Å². The zero-order valence-corrected chi connectivity index (χ0v) is 14.0. The first-order chi connectivity index (χ1) is 11.2. The number of methoxy groups -OCH3 is 2. The average Bonchev–Trinajstić information content (AvgIpc) is 3.21. The zero-order chi connectivity index (χ0) is 16.2. The van der Waals surface area contributed by atoms with Crippen molar-refractivity contribution in [2.45, 2.75) is 10.1 Å². The molecule has 2 aromatic heterocycles. The summed E-state index contributed by atoms with van der Waals surface area (Å²) >= 11 is 2.75. The summed E-state index contributed by atoms with van der Waals surface area (Å²) < 4.78 is 16.5. The molecule has 0 aliphatic rings. The molecule has 3 aromatic rings. The fraction of sp³-hybridized carbons (Fsp3) is 0.231. The van der Waals surface area contributed by atoms with Crippen molar-refractivity contribution in [1.82, 2.24) is 20.3 Å². The molecular formula is C13H13N5O3S2. The molecule has 2 N–H and O–H groups in total. The summed E-state index contributed by atoms with van der Waals surface area (Å²) in [7, 11) is 3.17. The molecule has 0 aliphatic heterocycles. The molecule has 0 fully saturated rings. The number of hydrogen-bond acceptors (Lipinski definition) is 10. The molecule has 1 aromatic carbocycles. The maximum absolute atomic E-state index is 5.54. The lowest BCUT2D eigenvalue weighted by molar-refractivity contribution is 0.388. The van der Waals surface area contributed by atoms with E-state index in [1.165, 1.54) is 23.1 Å². The number of nitrogens with zero attached hydrogens (tertiary/aromatic N) is 4. The summed E-state index contributed by atoms with van der Waals surface area (Å²) in [6.45, 7) is 0. The largest absolute Gasteiger partial charge is 0.497 e. The number of thioether (sulfide) groups is 1. The van der Waals surface area contributed by atoms with Crippen molar-refractivity contribution in [2.24, 2.45) is 0 Å². The molecule has 2 heterocycles. The number of benzene rings is 1. The molecule has 0 unspecified atom stereocenters. The fourth-order valence-electron chi connectivity index (χ4n) is 1.81. The number of rotatable bonds is 6. The molecular weight excluding hydrogens is 338 g/mol. The molecule has 0 spiro atoms. The molecule has 0 atom stereocenters. The van der Waals surface area contributed by atoms with E-state index in [4.69, 9.17) is 19.7 Å². The molecule has 0 aliphatic carbocycles. The van der Waals surface area contributed by atoms with Gasteiger partial charge in [0, 0.05) is 6.07 Å². The molecule has 120 valence electrons. The highest BCUT2D eigenvalue weighted by atomic mass is 32.2. The van der Waals surface area contributed by atoms with Crippen LogP contribution in [-0.4, -0.2) is 34.6 Å². The first kappa shape index (κ1) is 15.6. The van der Waals surface area contributed by atoms with E-state index in [0.717, 1.165) is 9.90 Å². The number of hydrogen-bond donors (Lipinski definition) is 1. The van der Waals surface area contributed by atoms with Crippen LogP contribution in [0.4, 0.5) is 5.13 Å². The molecule has 23 heavy (non-hydrogen) atoms. The standard InChI is InChI=1S/C13H13N5O3S2/c1-19-7-3-4-8(9(5-7)20-2)11-15-10(21-18-11)6-22-13-17-16-12(14)23-13/h3-5H,6H2,1-2H3,(H2,14,16). The van der Waals surface area contributed by atoms with Crippen LogP contribution in [0.15, 0.2) is 27.1 Å². The van der Waals surface area contributed by atoms with Crippen molar-refractivity contribution >= 4 is 28.2 Å². The number of nitrogen functional groups attached to an aromatic ring is 1. The highest BCUT2D eigenvalue weighted by Gasteiger charge is 2.15. The topological polar surface area (TPSA) is 109 Å². The Morgan fingerprint density at radius 1 is 1.26 bits per heavy atom. The summed E-state index contributed by atoms with van der Waals surface area (Å²) in [6, 6.07) is 5.40. The van der Waals surface area contributed by atoms with Crippen LogP contribution in [0.2, 0.25) is 0 Å². The quantitative estimate of drug-likeness (QED) is 0.670. The Balaban J connectivity index is 1.76. The van der Waals surface area contributed by atoms with E-state index in [0.29, 0.717) is 34.1 Å². The Labute approximate surface area is 140 Å². The van der Waals surface area contributed by atoms with Gasteiger partial charge in [0.25, 0.3) is 0 Å². The Morgan fingerprint density at radius 3 is 2.83 bits per heavy atom. The summed E-state index contributed by atoms with van der Waals surface area (Å²) in [6.07, 6.45) is 0. The predicted octanol–water partition coefficient (Wildman–Crippen LogP) is 2.48. The van der Waals surface area contributed by atoms with E-state index in [-0.39, 0.29) is 0 Å². The number of ether oxygens (including phenoxy) is 2. The van der Waals surface area contributed by atoms with Gasteiger partial charge in [-0.15, -0.1) is 10.2 Å². The summed E-state index contributed by atoms with van der Waals surface area (Å²) in [5.74, 6) is 2.73. The van der Waals surface area contributed by atoms with E-state index in [1.54, 1.807) is 20.3 Å². The van der Waals surface area contributed by atoms with Gasteiger partial charge in [-0.2, -0.15) is 4.98 Å².